The van der Waals surface area contributed by atoms with E-state index in [0.717, 1.165) is 35.3 Å². The highest BCUT2D eigenvalue weighted by atomic mass is 32.1. The van der Waals surface area contributed by atoms with Crippen molar-refractivity contribution in [2.24, 2.45) is 0 Å². The number of carbonyl (C=O) groups is 1. The Balaban J connectivity index is 1.69. The van der Waals surface area contributed by atoms with Crippen LogP contribution in [-0.2, 0) is 24.1 Å². The molecule has 6 heteroatoms. The average Bonchev–Trinajstić information content (AvgIpc) is 3.03. The number of rotatable bonds is 5. The molecule has 2 aromatic carbocycles. The van der Waals surface area contributed by atoms with E-state index < -0.39 is 0 Å². The normalized spacial score (nSPS) is 15.4. The summed E-state index contributed by atoms with van der Waals surface area (Å²) in [5.74, 6) is 0.846. The molecule has 31 heavy (non-hydrogen) atoms. The molecule has 0 spiro atoms. The number of aromatic nitrogens is 2. The summed E-state index contributed by atoms with van der Waals surface area (Å²) in [6, 6.07) is 16.6. The number of carbonyl (C=O) groups excluding carboxylic acids is 1. The lowest BCUT2D eigenvalue weighted by Gasteiger charge is -2.29. The second kappa shape index (κ2) is 8.71. The van der Waals surface area contributed by atoms with Crippen molar-refractivity contribution in [2.75, 3.05) is 26.1 Å². The van der Waals surface area contributed by atoms with Crippen LogP contribution < -0.4 is 4.90 Å². The van der Waals surface area contributed by atoms with E-state index in [9.17, 15) is 4.79 Å². The van der Waals surface area contributed by atoms with E-state index in [4.69, 9.17) is 17.0 Å². The van der Waals surface area contributed by atoms with Crippen molar-refractivity contribution < 1.29 is 9.53 Å². The Morgan fingerprint density at radius 2 is 1.81 bits per heavy atom. The van der Waals surface area contributed by atoms with Crippen molar-refractivity contribution in [3.63, 3.8) is 0 Å². The fourth-order valence-electron chi connectivity index (χ4n) is 4.66. The molecule has 0 radical (unpaired) electrons. The molecule has 1 heterocycles. The number of hydrogen-bond acceptors (Lipinski definition) is 4. The number of esters is 1. The molecule has 5 nitrogen and oxygen atoms in total. The monoisotopic (exact) mass is 435 g/mol. The number of anilines is 1. The second-order valence-electron chi connectivity index (χ2n) is 8.40. The van der Waals surface area contributed by atoms with Gasteiger partial charge in [-0.2, -0.15) is 0 Å². The molecule has 0 saturated heterocycles. The Labute approximate surface area is 188 Å². The zero-order valence-corrected chi connectivity index (χ0v) is 19.4. The maximum atomic E-state index is 11.7. The predicted molar refractivity (Wildman–Crippen MR) is 127 cm³/mol. The molecule has 0 saturated carbocycles. The zero-order chi connectivity index (χ0) is 22.1. The van der Waals surface area contributed by atoms with Gasteiger partial charge in [-0.3, -0.25) is 4.57 Å². The first-order valence-electron chi connectivity index (χ1n) is 10.6. The van der Waals surface area contributed by atoms with Crippen LogP contribution in [0.1, 0.15) is 45.2 Å². The first-order valence-corrected chi connectivity index (χ1v) is 11.0. The Morgan fingerprint density at radius 3 is 2.45 bits per heavy atom. The molecule has 1 aliphatic carbocycles. The highest BCUT2D eigenvalue weighted by Gasteiger charge is 2.26. The number of hydrogen-bond donors (Lipinski definition) is 0. The van der Waals surface area contributed by atoms with Gasteiger partial charge in [0.15, 0.2) is 4.77 Å². The van der Waals surface area contributed by atoms with E-state index in [2.05, 4.69) is 59.3 Å². The SMILES string of the molecule is COC(=O)c1ccc(Cn2c(C)c(N(C)C)n(C3CCc4ccccc4C3)c2=S)cc1. The van der Waals surface area contributed by atoms with Gasteiger partial charge in [-0.15, -0.1) is 0 Å². The van der Waals surface area contributed by atoms with Crippen molar-refractivity contribution in [1.82, 2.24) is 9.13 Å². The second-order valence-corrected chi connectivity index (χ2v) is 8.76. The topological polar surface area (TPSA) is 39.4 Å². The van der Waals surface area contributed by atoms with Crippen LogP contribution in [-0.4, -0.2) is 36.3 Å². The van der Waals surface area contributed by atoms with Crippen molar-refractivity contribution in [3.8, 4) is 0 Å². The summed E-state index contributed by atoms with van der Waals surface area (Å²) in [6.07, 6.45) is 3.17. The highest BCUT2D eigenvalue weighted by Crippen LogP contribution is 2.34. The van der Waals surface area contributed by atoms with Crippen LogP contribution in [0.4, 0.5) is 5.82 Å². The maximum absolute atomic E-state index is 11.7. The molecule has 0 fully saturated rings. The maximum Gasteiger partial charge on any atom is 0.337 e. The van der Waals surface area contributed by atoms with E-state index in [1.807, 2.05) is 24.3 Å². The van der Waals surface area contributed by atoms with Crippen LogP contribution in [0, 0.1) is 11.7 Å². The van der Waals surface area contributed by atoms with E-state index in [-0.39, 0.29) is 5.97 Å². The van der Waals surface area contributed by atoms with Gasteiger partial charge in [0.25, 0.3) is 0 Å². The molecule has 162 valence electrons. The molecule has 1 atom stereocenters. The standard InChI is InChI=1S/C25H29N3O2S/c1-17-23(26(2)3)28(22-14-13-19-7-5-6-8-21(19)15-22)25(31)27(17)16-18-9-11-20(12-10-18)24(29)30-4/h5-12,22H,13-16H2,1-4H3. The molecular formula is C25H29N3O2S. The smallest absolute Gasteiger partial charge is 0.337 e. The summed E-state index contributed by atoms with van der Waals surface area (Å²) in [5, 5.41) is 0. The van der Waals surface area contributed by atoms with Crippen LogP contribution in [0.25, 0.3) is 0 Å². The van der Waals surface area contributed by atoms with Gasteiger partial charge < -0.3 is 14.2 Å². The quantitative estimate of drug-likeness (QED) is 0.420. The lowest BCUT2D eigenvalue weighted by molar-refractivity contribution is 0.0600. The lowest BCUT2D eigenvalue weighted by Crippen LogP contribution is -2.23. The zero-order valence-electron chi connectivity index (χ0n) is 18.6. The molecule has 0 N–H and O–H groups in total. The number of fused-ring (bicyclic) bond motifs is 1. The molecule has 0 amide bonds. The fourth-order valence-corrected chi connectivity index (χ4v) is 5.10. The minimum atomic E-state index is -0.321. The number of benzene rings is 2. The minimum absolute atomic E-state index is 0.321. The molecule has 1 aromatic heterocycles. The van der Waals surface area contributed by atoms with E-state index in [0.29, 0.717) is 18.2 Å². The lowest BCUT2D eigenvalue weighted by atomic mass is 9.88. The number of aryl methyl sites for hydroxylation is 1. The summed E-state index contributed by atoms with van der Waals surface area (Å²) in [4.78, 5) is 13.9. The first kappa shape index (κ1) is 21.4. The van der Waals surface area contributed by atoms with Gasteiger partial charge in [0.05, 0.1) is 24.9 Å². The van der Waals surface area contributed by atoms with Crippen molar-refractivity contribution in [2.45, 2.75) is 38.8 Å². The predicted octanol–water partition coefficient (Wildman–Crippen LogP) is 4.96. The highest BCUT2D eigenvalue weighted by molar-refractivity contribution is 7.71. The average molecular weight is 436 g/mol. The van der Waals surface area contributed by atoms with Crippen LogP contribution >= 0.6 is 12.2 Å². The van der Waals surface area contributed by atoms with Crippen molar-refractivity contribution >= 4 is 24.0 Å². The number of imidazole rings is 1. The molecule has 4 rings (SSSR count). The van der Waals surface area contributed by atoms with Gasteiger partial charge in [-0.1, -0.05) is 36.4 Å². The van der Waals surface area contributed by atoms with Crippen LogP contribution in [0.5, 0.6) is 0 Å². The summed E-state index contributed by atoms with van der Waals surface area (Å²) < 4.78 is 10.2. The van der Waals surface area contributed by atoms with Gasteiger partial charge in [0, 0.05) is 20.1 Å². The van der Waals surface area contributed by atoms with Gasteiger partial charge in [0.1, 0.15) is 5.82 Å². The van der Waals surface area contributed by atoms with Crippen molar-refractivity contribution in [3.05, 3.63) is 81.2 Å². The summed E-state index contributed by atoms with van der Waals surface area (Å²) >= 11 is 6.01. The van der Waals surface area contributed by atoms with Gasteiger partial charge in [-0.25, -0.2) is 4.79 Å². The minimum Gasteiger partial charge on any atom is -0.465 e. The Morgan fingerprint density at radius 1 is 1.13 bits per heavy atom. The van der Waals surface area contributed by atoms with Crippen LogP contribution in [0.3, 0.4) is 0 Å². The van der Waals surface area contributed by atoms with Crippen LogP contribution in [0.15, 0.2) is 48.5 Å². The fraction of sp³-hybridized carbons (Fsp3) is 0.360. The Hall–Kier alpha value is -2.86. The summed E-state index contributed by atoms with van der Waals surface area (Å²) in [7, 11) is 5.56. The number of ether oxygens (including phenoxy) is 1. The van der Waals surface area contributed by atoms with Crippen LogP contribution in [0.2, 0.25) is 0 Å². The third-order valence-electron chi connectivity index (χ3n) is 6.22. The van der Waals surface area contributed by atoms with E-state index in [1.165, 1.54) is 24.1 Å². The Kier molecular flexibility index (Phi) is 6.01. The molecule has 1 unspecified atom stereocenters. The third-order valence-corrected chi connectivity index (χ3v) is 6.64. The van der Waals surface area contributed by atoms with Gasteiger partial charge >= 0.3 is 5.97 Å². The Bertz CT molecular complexity index is 1160. The third kappa shape index (κ3) is 4.04. The molecule has 3 aromatic rings. The first-order chi connectivity index (χ1) is 14.9. The molecular weight excluding hydrogens is 406 g/mol. The molecule has 0 aliphatic heterocycles. The number of nitrogens with zero attached hydrogens (tertiary/aromatic N) is 3. The van der Waals surface area contributed by atoms with Gasteiger partial charge in [0.2, 0.25) is 0 Å². The molecule has 1 aliphatic rings. The van der Waals surface area contributed by atoms with E-state index >= 15 is 0 Å². The summed E-state index contributed by atoms with van der Waals surface area (Å²) in [6.45, 7) is 2.81. The van der Waals surface area contributed by atoms with E-state index in [1.54, 1.807) is 0 Å². The number of methoxy groups -OCH3 is 1. The molecule has 0 bridgehead atoms. The largest absolute Gasteiger partial charge is 0.465 e. The van der Waals surface area contributed by atoms with Gasteiger partial charge in [-0.05, 0) is 67.2 Å². The summed E-state index contributed by atoms with van der Waals surface area (Å²) in [5.41, 5.74) is 5.70. The van der Waals surface area contributed by atoms with Crippen molar-refractivity contribution in [1.29, 1.82) is 0 Å².